The topological polar surface area (TPSA) is 189 Å². The number of amides is 2. The number of benzene rings is 2. The van der Waals surface area contributed by atoms with E-state index < -0.39 is 50.9 Å². The smallest absolute Gasteiger partial charge is 0.276 e. The Morgan fingerprint density at radius 3 is 2.50 bits per heavy atom. The van der Waals surface area contributed by atoms with Crippen molar-refractivity contribution in [2.75, 3.05) is 13.7 Å². The highest BCUT2D eigenvalue weighted by Gasteiger charge is 2.18. The lowest BCUT2D eigenvalue weighted by Crippen LogP contribution is -2.35. The van der Waals surface area contributed by atoms with Gasteiger partial charge in [-0.15, -0.1) is 0 Å². The first-order valence-corrected chi connectivity index (χ1v) is 8.11. The number of carbonyl (C=O) groups excluding carboxylic acids is 2. The zero-order valence-electron chi connectivity index (χ0n) is 15.4. The highest BCUT2D eigenvalue weighted by Crippen LogP contribution is 2.31. The molecule has 0 aromatic heterocycles. The molecule has 0 aliphatic rings. The van der Waals surface area contributed by atoms with Crippen LogP contribution < -0.4 is 20.6 Å². The van der Waals surface area contributed by atoms with E-state index in [4.69, 9.17) is 4.74 Å². The minimum absolute atomic E-state index is 0.205. The number of ether oxygens (including phenoxy) is 1. The van der Waals surface area contributed by atoms with Gasteiger partial charge in [0, 0.05) is 11.6 Å². The van der Waals surface area contributed by atoms with Gasteiger partial charge in [0.25, 0.3) is 23.2 Å². The van der Waals surface area contributed by atoms with E-state index in [0.717, 1.165) is 12.3 Å². The van der Waals surface area contributed by atoms with Crippen LogP contribution in [-0.4, -0.2) is 41.5 Å². The Morgan fingerprint density at radius 2 is 1.87 bits per heavy atom. The van der Waals surface area contributed by atoms with Gasteiger partial charge in [0.1, 0.15) is 5.75 Å². The fraction of sp³-hybridized carbons (Fsp3) is 0.118. The number of hydrogen-bond donors (Lipinski definition) is 2. The fourth-order valence-corrected chi connectivity index (χ4v) is 2.26. The lowest BCUT2D eigenvalue weighted by molar-refractivity contribution is -0.403. The summed E-state index contributed by atoms with van der Waals surface area (Å²) in [6, 6.07) is 7.66. The normalized spacial score (nSPS) is 10.4. The predicted molar refractivity (Wildman–Crippen MR) is 100 cm³/mol. The maximum Gasteiger partial charge on any atom is 0.276 e. The predicted octanol–water partition coefficient (Wildman–Crippen LogP) is 0.465. The lowest BCUT2D eigenvalue weighted by atomic mass is 10.1. The molecule has 0 radical (unpaired) electrons. The summed E-state index contributed by atoms with van der Waals surface area (Å²) >= 11 is 0. The second-order valence-electron chi connectivity index (χ2n) is 5.57. The average Bonchev–Trinajstić information content (AvgIpc) is 2.72. The summed E-state index contributed by atoms with van der Waals surface area (Å²) in [5.41, 5.74) is 0.0570. The molecular weight excluding hydrogens is 402 g/mol. The Morgan fingerprint density at radius 1 is 1.17 bits per heavy atom. The van der Waals surface area contributed by atoms with Crippen LogP contribution in [0, 0.1) is 20.2 Å². The molecule has 0 fully saturated rings. The van der Waals surface area contributed by atoms with Crippen molar-refractivity contribution in [3.63, 3.8) is 0 Å². The van der Waals surface area contributed by atoms with Crippen molar-refractivity contribution >= 4 is 29.4 Å². The SMILES string of the molecule is COc1ccccc1C(=O)NCC(=O)N/N=C\c1cc([N+](=O)[O-])cc([N+](=O)[O-])c1[O-]. The third-order valence-corrected chi connectivity index (χ3v) is 3.64. The molecule has 30 heavy (non-hydrogen) atoms. The molecule has 0 atom stereocenters. The molecule has 0 saturated carbocycles. The van der Waals surface area contributed by atoms with Crippen LogP contribution in [0.2, 0.25) is 0 Å². The van der Waals surface area contributed by atoms with Gasteiger partial charge in [-0.1, -0.05) is 12.1 Å². The summed E-state index contributed by atoms with van der Waals surface area (Å²) in [6.45, 7) is -0.479. The summed E-state index contributed by atoms with van der Waals surface area (Å²) in [4.78, 5) is 43.6. The Hall–Kier alpha value is -4.55. The van der Waals surface area contributed by atoms with Gasteiger partial charge in [-0.3, -0.25) is 29.8 Å². The van der Waals surface area contributed by atoms with E-state index in [1.54, 1.807) is 18.2 Å². The van der Waals surface area contributed by atoms with Crippen LogP contribution in [0.3, 0.4) is 0 Å². The van der Waals surface area contributed by atoms with Gasteiger partial charge < -0.3 is 15.2 Å². The van der Waals surface area contributed by atoms with Crippen LogP contribution in [-0.2, 0) is 4.79 Å². The van der Waals surface area contributed by atoms with E-state index in [-0.39, 0.29) is 5.56 Å². The van der Waals surface area contributed by atoms with Crippen molar-refractivity contribution in [1.82, 2.24) is 10.7 Å². The summed E-state index contributed by atoms with van der Waals surface area (Å²) in [6.07, 6.45) is 0.738. The molecule has 0 saturated heterocycles. The molecule has 2 amide bonds. The minimum atomic E-state index is -1.10. The molecule has 2 aromatic carbocycles. The number of methoxy groups -OCH3 is 1. The van der Waals surface area contributed by atoms with Gasteiger partial charge in [-0.25, -0.2) is 5.43 Å². The number of para-hydroxylation sites is 1. The maximum absolute atomic E-state index is 12.1. The number of nitrogens with one attached hydrogen (secondary N) is 2. The van der Waals surface area contributed by atoms with Crippen molar-refractivity contribution in [2.24, 2.45) is 5.10 Å². The van der Waals surface area contributed by atoms with Crippen LogP contribution in [0.5, 0.6) is 11.5 Å². The Bertz CT molecular complexity index is 1040. The molecule has 0 unspecified atom stereocenters. The number of non-ortho nitro benzene ring substituents is 1. The number of hydrazone groups is 1. The van der Waals surface area contributed by atoms with E-state index in [1.807, 2.05) is 5.43 Å². The van der Waals surface area contributed by atoms with E-state index in [0.29, 0.717) is 11.8 Å². The van der Waals surface area contributed by atoms with Crippen LogP contribution in [0.1, 0.15) is 15.9 Å². The standard InChI is InChI=1S/C17H15N5O8/c1-30-14-5-3-2-4-12(14)17(25)18-9-15(23)20-19-8-10-6-11(21(26)27)7-13(16(10)24)22(28)29/h2-8,24H,9H2,1H3,(H,18,25)(H,20,23)/p-1/b19-8-. The van der Waals surface area contributed by atoms with Gasteiger partial charge in [-0.05, 0) is 17.9 Å². The van der Waals surface area contributed by atoms with Gasteiger partial charge in [0.05, 0.1) is 41.3 Å². The van der Waals surface area contributed by atoms with Crippen LogP contribution in [0.15, 0.2) is 41.5 Å². The van der Waals surface area contributed by atoms with Crippen molar-refractivity contribution in [2.45, 2.75) is 0 Å². The van der Waals surface area contributed by atoms with Crippen LogP contribution in [0.25, 0.3) is 0 Å². The summed E-state index contributed by atoms with van der Waals surface area (Å²) < 4.78 is 5.04. The quantitative estimate of drug-likeness (QED) is 0.352. The van der Waals surface area contributed by atoms with Crippen molar-refractivity contribution < 1.29 is 29.3 Å². The lowest BCUT2D eigenvalue weighted by Gasteiger charge is -2.10. The molecule has 2 rings (SSSR count). The molecule has 13 nitrogen and oxygen atoms in total. The zero-order chi connectivity index (χ0) is 22.3. The molecule has 0 spiro atoms. The Balaban J connectivity index is 2.03. The number of carbonyl (C=O) groups is 2. The highest BCUT2D eigenvalue weighted by atomic mass is 16.6. The average molecular weight is 416 g/mol. The number of hydrogen-bond acceptors (Lipinski definition) is 9. The molecule has 0 aliphatic heterocycles. The number of rotatable bonds is 8. The second kappa shape index (κ2) is 9.59. The van der Waals surface area contributed by atoms with Crippen molar-refractivity contribution in [1.29, 1.82) is 0 Å². The summed E-state index contributed by atoms with van der Waals surface area (Å²) in [5, 5.41) is 39.4. The van der Waals surface area contributed by atoms with Gasteiger partial charge in [-0.2, -0.15) is 5.10 Å². The first kappa shape index (κ1) is 21.7. The third kappa shape index (κ3) is 5.25. The van der Waals surface area contributed by atoms with Crippen LogP contribution >= 0.6 is 0 Å². The largest absolute Gasteiger partial charge is 0.867 e. The van der Waals surface area contributed by atoms with Gasteiger partial charge >= 0.3 is 0 Å². The zero-order valence-corrected chi connectivity index (χ0v) is 15.4. The molecule has 2 aromatic rings. The summed E-state index contributed by atoms with van der Waals surface area (Å²) in [5.74, 6) is -2.15. The fourth-order valence-electron chi connectivity index (χ4n) is 2.26. The van der Waals surface area contributed by atoms with E-state index in [2.05, 4.69) is 10.4 Å². The van der Waals surface area contributed by atoms with Crippen LogP contribution in [0.4, 0.5) is 11.4 Å². The third-order valence-electron chi connectivity index (χ3n) is 3.64. The number of nitro groups is 2. The second-order valence-corrected chi connectivity index (χ2v) is 5.57. The molecule has 156 valence electrons. The molecular formula is C17H14N5O8-. The van der Waals surface area contributed by atoms with Gasteiger partial charge in [0.15, 0.2) is 0 Å². The van der Waals surface area contributed by atoms with E-state index >= 15 is 0 Å². The first-order chi connectivity index (χ1) is 14.2. The van der Waals surface area contributed by atoms with E-state index in [1.165, 1.54) is 13.2 Å². The molecule has 0 aliphatic carbocycles. The molecule has 0 heterocycles. The van der Waals surface area contributed by atoms with Gasteiger partial charge in [0.2, 0.25) is 0 Å². The Labute approximate surface area is 168 Å². The van der Waals surface area contributed by atoms with Crippen molar-refractivity contribution in [3.8, 4) is 11.5 Å². The first-order valence-electron chi connectivity index (χ1n) is 8.11. The molecule has 13 heteroatoms. The number of nitrogens with zero attached hydrogens (tertiary/aromatic N) is 3. The molecule has 0 bridgehead atoms. The Kier molecular flexibility index (Phi) is 6.95. The minimum Gasteiger partial charge on any atom is -0.867 e. The summed E-state index contributed by atoms with van der Waals surface area (Å²) in [7, 11) is 1.38. The number of nitro benzene ring substituents is 2. The highest BCUT2D eigenvalue weighted by molar-refractivity contribution is 5.98. The molecule has 2 N–H and O–H groups in total. The van der Waals surface area contributed by atoms with E-state index in [9.17, 15) is 34.9 Å². The van der Waals surface area contributed by atoms with Crippen molar-refractivity contribution in [3.05, 3.63) is 67.8 Å². The monoisotopic (exact) mass is 416 g/mol. The maximum atomic E-state index is 12.1.